The molecule has 2 N–H and O–H groups in total. The third-order valence-electron chi connectivity index (χ3n) is 6.58. The van der Waals surface area contributed by atoms with Crippen LogP contribution in [0.25, 0.3) is 0 Å². The van der Waals surface area contributed by atoms with Gasteiger partial charge in [-0.15, -0.1) is 0 Å². The number of pyridine rings is 1. The molecule has 178 valence electrons. The lowest BCUT2D eigenvalue weighted by molar-refractivity contribution is -1.12. The molecule has 1 unspecified atom stereocenters. The number of nitrogens with one attached hydrogen (secondary N) is 1. The fraction of sp³-hybridized carbons (Fsp3) is 0.417. The molecular formula is C24H27N4O6+. The first-order chi connectivity index (χ1) is 16.4. The molecule has 1 aromatic carbocycles. The van der Waals surface area contributed by atoms with Crippen LogP contribution in [-0.2, 0) is 34.0 Å². The van der Waals surface area contributed by atoms with E-state index in [4.69, 9.17) is 9.47 Å². The summed E-state index contributed by atoms with van der Waals surface area (Å²) in [6, 6.07) is 8.41. The maximum Gasteiger partial charge on any atom is 0.255 e. The Balaban J connectivity index is 1.24. The molecule has 4 heterocycles. The van der Waals surface area contributed by atoms with Gasteiger partial charge in [-0.3, -0.25) is 24.7 Å². The Kier molecular flexibility index (Phi) is 6.03. The Hall–Kier alpha value is -3.34. The number of hydrogen-bond acceptors (Lipinski definition) is 7. The summed E-state index contributed by atoms with van der Waals surface area (Å²) >= 11 is 0. The van der Waals surface area contributed by atoms with Crippen molar-refractivity contribution in [2.45, 2.75) is 38.6 Å². The minimum absolute atomic E-state index is 0.0502. The maximum atomic E-state index is 12.9. The second kappa shape index (κ2) is 9.13. The highest BCUT2D eigenvalue weighted by atomic mass is 16.6. The van der Waals surface area contributed by atoms with E-state index in [1.54, 1.807) is 24.4 Å². The number of benzene rings is 1. The number of nitrogens with zero attached hydrogens (tertiary/aromatic N) is 3. The van der Waals surface area contributed by atoms with Crippen LogP contribution >= 0.6 is 0 Å². The van der Waals surface area contributed by atoms with Gasteiger partial charge in [0.15, 0.2) is 0 Å². The lowest BCUT2D eigenvalue weighted by atomic mass is 10.0. The number of fused-ring (bicyclic) bond motifs is 1. The maximum absolute atomic E-state index is 12.9. The summed E-state index contributed by atoms with van der Waals surface area (Å²) < 4.78 is 11.3. The summed E-state index contributed by atoms with van der Waals surface area (Å²) in [6.07, 6.45) is 2.28. The number of quaternary nitrogens is 1. The number of hydrogen-bond donors (Lipinski definition) is 2. The van der Waals surface area contributed by atoms with Crippen molar-refractivity contribution in [1.29, 1.82) is 0 Å². The van der Waals surface area contributed by atoms with Gasteiger partial charge in [0, 0.05) is 29.3 Å². The van der Waals surface area contributed by atoms with Gasteiger partial charge in [0.25, 0.3) is 5.91 Å². The predicted molar refractivity (Wildman–Crippen MR) is 117 cm³/mol. The first kappa shape index (κ1) is 22.5. The molecule has 34 heavy (non-hydrogen) atoms. The molecule has 3 aliphatic heterocycles. The largest absolute Gasteiger partial charge is 0.487 e. The molecule has 0 aliphatic carbocycles. The van der Waals surface area contributed by atoms with Gasteiger partial charge < -0.3 is 14.4 Å². The van der Waals surface area contributed by atoms with E-state index in [2.05, 4.69) is 10.3 Å². The Morgan fingerprint density at radius 1 is 1.18 bits per heavy atom. The van der Waals surface area contributed by atoms with E-state index in [0.717, 1.165) is 16.8 Å². The predicted octanol–water partition coefficient (Wildman–Crippen LogP) is 1.16. The molecule has 10 nitrogen and oxygen atoms in total. The average Bonchev–Trinajstić information content (AvgIpc) is 3.16. The van der Waals surface area contributed by atoms with Crippen molar-refractivity contribution in [2.24, 2.45) is 0 Å². The lowest BCUT2D eigenvalue weighted by Gasteiger charge is -2.33. The first-order valence-corrected chi connectivity index (χ1v) is 11.4. The molecule has 5 rings (SSSR count). The number of ether oxygens (including phenoxy) is 2. The number of amides is 3. The van der Waals surface area contributed by atoms with Gasteiger partial charge in [0.05, 0.1) is 25.5 Å². The van der Waals surface area contributed by atoms with Crippen molar-refractivity contribution in [1.82, 2.24) is 15.2 Å². The van der Waals surface area contributed by atoms with Crippen LogP contribution in [0.4, 0.5) is 0 Å². The van der Waals surface area contributed by atoms with E-state index in [0.29, 0.717) is 50.6 Å². The van der Waals surface area contributed by atoms with Gasteiger partial charge >= 0.3 is 0 Å². The van der Waals surface area contributed by atoms with Gasteiger partial charge in [-0.2, -0.15) is 4.65 Å². The van der Waals surface area contributed by atoms with Crippen molar-refractivity contribution in [3.8, 4) is 5.75 Å². The zero-order chi connectivity index (χ0) is 23.7. The van der Waals surface area contributed by atoms with Gasteiger partial charge in [0.2, 0.25) is 11.8 Å². The summed E-state index contributed by atoms with van der Waals surface area (Å²) in [6.45, 7) is 3.14. The van der Waals surface area contributed by atoms with Crippen LogP contribution in [0.3, 0.4) is 0 Å². The number of imide groups is 1. The average molecular weight is 468 g/mol. The topological polar surface area (TPSA) is 118 Å². The van der Waals surface area contributed by atoms with E-state index in [1.807, 2.05) is 12.1 Å². The number of morpholine rings is 1. The Labute approximate surface area is 196 Å². The van der Waals surface area contributed by atoms with Crippen LogP contribution in [0, 0.1) is 0 Å². The smallest absolute Gasteiger partial charge is 0.255 e. The van der Waals surface area contributed by atoms with Crippen LogP contribution in [0.1, 0.15) is 40.0 Å². The fourth-order valence-corrected chi connectivity index (χ4v) is 4.66. The monoisotopic (exact) mass is 467 g/mol. The first-order valence-electron chi connectivity index (χ1n) is 11.4. The summed E-state index contributed by atoms with van der Waals surface area (Å²) in [5.41, 5.74) is 2.89. The van der Waals surface area contributed by atoms with Crippen molar-refractivity contribution in [3.05, 3.63) is 58.9 Å². The van der Waals surface area contributed by atoms with Crippen LogP contribution in [-0.4, -0.2) is 69.8 Å². The number of piperidine rings is 1. The summed E-state index contributed by atoms with van der Waals surface area (Å²) in [4.78, 5) is 42.6. The molecule has 10 heteroatoms. The van der Waals surface area contributed by atoms with Crippen molar-refractivity contribution >= 4 is 17.7 Å². The molecule has 1 aromatic heterocycles. The van der Waals surface area contributed by atoms with Gasteiger partial charge in [-0.05, 0) is 30.7 Å². The highest BCUT2D eigenvalue weighted by Crippen LogP contribution is 2.33. The number of hydroxylamine groups is 3. The molecule has 2 aromatic rings. The second-order valence-electron chi connectivity index (χ2n) is 8.94. The van der Waals surface area contributed by atoms with E-state index in [1.165, 1.54) is 4.90 Å². The van der Waals surface area contributed by atoms with Crippen LogP contribution in [0.2, 0.25) is 0 Å². The Bertz CT molecular complexity index is 1110. The fourth-order valence-electron chi connectivity index (χ4n) is 4.66. The molecule has 2 fully saturated rings. The Morgan fingerprint density at radius 2 is 2.00 bits per heavy atom. The Morgan fingerprint density at radius 3 is 2.74 bits per heavy atom. The minimum atomic E-state index is -0.663. The van der Waals surface area contributed by atoms with Crippen molar-refractivity contribution in [3.63, 3.8) is 0 Å². The second-order valence-corrected chi connectivity index (χ2v) is 8.94. The molecule has 0 radical (unpaired) electrons. The van der Waals surface area contributed by atoms with E-state index in [-0.39, 0.29) is 36.0 Å². The summed E-state index contributed by atoms with van der Waals surface area (Å²) in [5.74, 6) is -0.414. The number of carbonyl (C=O) groups excluding carboxylic acids is 3. The minimum Gasteiger partial charge on any atom is -0.487 e. The zero-order valence-corrected chi connectivity index (χ0v) is 18.7. The third-order valence-corrected chi connectivity index (χ3v) is 6.58. The number of rotatable bonds is 6. The van der Waals surface area contributed by atoms with Crippen LogP contribution in [0.5, 0.6) is 5.75 Å². The van der Waals surface area contributed by atoms with E-state index >= 15 is 0 Å². The molecule has 0 saturated carbocycles. The van der Waals surface area contributed by atoms with Crippen LogP contribution < -0.4 is 10.1 Å². The molecule has 3 amide bonds. The lowest BCUT2D eigenvalue weighted by Crippen LogP contribution is -2.52. The normalized spacial score (nSPS) is 21.9. The van der Waals surface area contributed by atoms with Gasteiger partial charge in [-0.25, -0.2) is 5.21 Å². The van der Waals surface area contributed by atoms with Gasteiger partial charge in [-0.1, -0.05) is 6.07 Å². The molecule has 2 saturated heterocycles. The highest BCUT2D eigenvalue weighted by molar-refractivity contribution is 6.05. The molecule has 0 spiro atoms. The van der Waals surface area contributed by atoms with E-state index in [9.17, 15) is 19.6 Å². The molecule has 1 atom stereocenters. The SMILES string of the molecule is O=C1CCC(N2Cc3c(OCc4ccc(C[N+]5(O)CCOCC5)cn4)cccc3C2=O)C(=O)N1. The molecule has 0 bridgehead atoms. The molecular weight excluding hydrogens is 440 g/mol. The number of aromatic nitrogens is 1. The summed E-state index contributed by atoms with van der Waals surface area (Å²) in [7, 11) is 0. The van der Waals surface area contributed by atoms with Gasteiger partial charge in [0.1, 0.15) is 38.0 Å². The standard InChI is InChI=1S/C24H26N4O6/c29-22-7-6-20(23(30)26-22)27-13-19-18(24(27)31)2-1-3-21(19)34-15-17-5-4-16(12-25-17)14-28(32)8-10-33-11-9-28/h1-5,12,20,32H,6-11,13-15H2/p+1. The zero-order valence-electron chi connectivity index (χ0n) is 18.7. The molecule has 3 aliphatic rings. The third kappa shape index (κ3) is 4.52. The number of carbonyl (C=O) groups is 3. The summed E-state index contributed by atoms with van der Waals surface area (Å²) in [5, 5.41) is 12.9. The van der Waals surface area contributed by atoms with Crippen molar-refractivity contribution in [2.75, 3.05) is 26.3 Å². The highest BCUT2D eigenvalue weighted by Gasteiger charge is 2.40. The van der Waals surface area contributed by atoms with Crippen LogP contribution in [0.15, 0.2) is 36.5 Å². The van der Waals surface area contributed by atoms with E-state index < -0.39 is 11.9 Å². The van der Waals surface area contributed by atoms with Crippen molar-refractivity contribution < 1.29 is 33.7 Å². The quantitative estimate of drug-likeness (QED) is 0.483.